The summed E-state index contributed by atoms with van der Waals surface area (Å²) in [5.74, 6) is -0.251. The van der Waals surface area contributed by atoms with Gasteiger partial charge in [0.2, 0.25) is 0 Å². The maximum Gasteiger partial charge on any atom is 0.173 e. The molecule has 0 amide bonds. The van der Waals surface area contributed by atoms with Crippen molar-refractivity contribution in [2.45, 2.75) is 124 Å². The summed E-state index contributed by atoms with van der Waals surface area (Å²) in [5.41, 5.74) is -1.01. The summed E-state index contributed by atoms with van der Waals surface area (Å²) in [4.78, 5) is 0. The lowest BCUT2D eigenvalue weighted by Gasteiger charge is -2.74. The van der Waals surface area contributed by atoms with Crippen molar-refractivity contribution in [3.63, 3.8) is 0 Å². The third-order valence-corrected chi connectivity index (χ3v) is 14.1. The Balaban J connectivity index is 1.48. The number of aliphatic hydroxyl groups is 3. The minimum Gasteiger partial charge on any atom is -0.396 e. The van der Waals surface area contributed by atoms with Gasteiger partial charge in [-0.1, -0.05) is 60.1 Å². The largest absolute Gasteiger partial charge is 0.396 e. The number of hydrogen-bond acceptors (Lipinski definition) is 5. The minimum atomic E-state index is -1.25. The second kappa shape index (κ2) is 7.63. The molecule has 3 N–H and O–H groups in total. The molecule has 1 spiro atoms. The number of allylic oxidation sites excluding steroid dienone is 1. The van der Waals surface area contributed by atoms with Crippen LogP contribution in [0.3, 0.4) is 0 Å². The van der Waals surface area contributed by atoms with Crippen molar-refractivity contribution in [2.75, 3.05) is 19.8 Å². The third-order valence-electron chi connectivity index (χ3n) is 14.1. The van der Waals surface area contributed by atoms with Crippen LogP contribution >= 0.6 is 0 Å². The highest BCUT2D eigenvalue weighted by Crippen LogP contribution is 2.77. The van der Waals surface area contributed by atoms with Crippen molar-refractivity contribution in [2.24, 2.45) is 44.3 Å². The first-order chi connectivity index (χ1) is 17.1. The summed E-state index contributed by atoms with van der Waals surface area (Å²) in [7, 11) is 0. The molecule has 0 bridgehead atoms. The van der Waals surface area contributed by atoms with Gasteiger partial charge in [-0.05, 0) is 84.9 Å². The van der Waals surface area contributed by atoms with Gasteiger partial charge in [-0.15, -0.1) is 0 Å². The smallest absolute Gasteiger partial charge is 0.173 e. The molecule has 5 nitrogen and oxygen atoms in total. The van der Waals surface area contributed by atoms with E-state index in [0.29, 0.717) is 19.1 Å². The molecule has 1 heterocycles. The van der Waals surface area contributed by atoms with Crippen molar-refractivity contribution >= 4 is 0 Å². The van der Waals surface area contributed by atoms with E-state index in [1.165, 1.54) is 5.57 Å². The van der Waals surface area contributed by atoms with Crippen LogP contribution < -0.4 is 0 Å². The fourth-order valence-corrected chi connectivity index (χ4v) is 11.5. The van der Waals surface area contributed by atoms with E-state index in [0.717, 1.165) is 57.8 Å². The van der Waals surface area contributed by atoms with Crippen LogP contribution in [0.25, 0.3) is 0 Å². The van der Waals surface area contributed by atoms with E-state index in [1.54, 1.807) is 0 Å². The fourth-order valence-electron chi connectivity index (χ4n) is 11.5. The van der Waals surface area contributed by atoms with Crippen LogP contribution in [-0.2, 0) is 9.47 Å². The van der Waals surface area contributed by atoms with Gasteiger partial charge in [0.15, 0.2) is 5.79 Å². The van der Waals surface area contributed by atoms with Gasteiger partial charge in [0.25, 0.3) is 0 Å². The van der Waals surface area contributed by atoms with Gasteiger partial charge in [0.05, 0.1) is 13.2 Å². The Morgan fingerprint density at radius 2 is 1.49 bits per heavy atom. The zero-order valence-corrected chi connectivity index (χ0v) is 24.5. The Morgan fingerprint density at radius 3 is 2.14 bits per heavy atom. The summed E-state index contributed by atoms with van der Waals surface area (Å²) in [5, 5.41) is 35.8. The van der Waals surface area contributed by atoms with Gasteiger partial charge in [-0.3, -0.25) is 0 Å². The molecule has 4 saturated carbocycles. The van der Waals surface area contributed by atoms with Gasteiger partial charge in [-0.25, -0.2) is 0 Å². The maximum absolute atomic E-state index is 13.0. The lowest BCUT2D eigenvalue weighted by Crippen LogP contribution is -2.75. The minimum absolute atomic E-state index is 0.0836. The Morgan fingerprint density at radius 1 is 0.838 bits per heavy atom. The Kier molecular flexibility index (Phi) is 5.52. The molecule has 0 aromatic heterocycles. The van der Waals surface area contributed by atoms with Gasteiger partial charge < -0.3 is 24.8 Å². The first-order valence-corrected chi connectivity index (χ1v) is 15.1. The number of ether oxygens (including phenoxy) is 2. The molecule has 0 radical (unpaired) electrons. The lowest BCUT2D eigenvalue weighted by molar-refractivity contribution is -0.309. The van der Waals surface area contributed by atoms with Crippen LogP contribution in [0.4, 0.5) is 0 Å². The number of hydrogen-bond donors (Lipinski definition) is 3. The van der Waals surface area contributed by atoms with Gasteiger partial charge in [0, 0.05) is 23.9 Å². The van der Waals surface area contributed by atoms with E-state index in [2.05, 4.69) is 54.5 Å². The monoisotopic (exact) mass is 516 g/mol. The molecule has 5 heteroatoms. The molecular formula is C32H52O5. The number of fused-ring (bicyclic) bond motifs is 7. The fraction of sp³-hybridized carbons (Fsp3) is 0.938. The molecule has 37 heavy (non-hydrogen) atoms. The van der Waals surface area contributed by atoms with Crippen molar-refractivity contribution < 1.29 is 24.8 Å². The molecule has 5 fully saturated rings. The molecule has 0 aromatic rings. The van der Waals surface area contributed by atoms with Crippen LogP contribution in [0, 0.1) is 44.3 Å². The van der Waals surface area contributed by atoms with E-state index in [-0.39, 0.29) is 39.6 Å². The van der Waals surface area contributed by atoms with Crippen molar-refractivity contribution in [3.8, 4) is 0 Å². The first-order valence-electron chi connectivity index (χ1n) is 15.1. The van der Waals surface area contributed by atoms with E-state index in [9.17, 15) is 15.3 Å². The highest BCUT2D eigenvalue weighted by Gasteiger charge is 2.76. The normalized spacial score (nSPS) is 53.5. The van der Waals surface area contributed by atoms with E-state index < -0.39 is 22.9 Å². The van der Waals surface area contributed by atoms with E-state index in [4.69, 9.17) is 9.47 Å². The average molecular weight is 517 g/mol. The standard InChI is InChI=1S/C32H52O5/c1-25(2)10-13-30(20-33)14-12-29(7)28(6)9-8-21-26(3,4)31(36-16-17-37-31)15-11-27(21,5)22(28)18-24(34)32(29,35)23(30)19-25/h18,21,23-24,33-35H,8-17,19-20H2,1-7H3/t21-,23+,24+,27-,28+,29-,30+,32+/m0/s1. The molecule has 1 aliphatic heterocycles. The van der Waals surface area contributed by atoms with Gasteiger partial charge in [0.1, 0.15) is 11.7 Å². The summed E-state index contributed by atoms with van der Waals surface area (Å²) in [6.45, 7) is 17.8. The van der Waals surface area contributed by atoms with Crippen LogP contribution in [0.5, 0.6) is 0 Å². The molecular weight excluding hydrogens is 464 g/mol. The summed E-state index contributed by atoms with van der Waals surface area (Å²) >= 11 is 0. The Bertz CT molecular complexity index is 995. The summed E-state index contributed by atoms with van der Waals surface area (Å²) < 4.78 is 12.7. The summed E-state index contributed by atoms with van der Waals surface area (Å²) in [6.07, 6.45) is 9.67. The number of aliphatic hydroxyl groups excluding tert-OH is 2. The van der Waals surface area contributed by atoms with Crippen molar-refractivity contribution in [1.29, 1.82) is 0 Å². The predicted molar refractivity (Wildman–Crippen MR) is 144 cm³/mol. The second-order valence-corrected chi connectivity index (χ2v) is 16.1. The molecule has 5 aliphatic carbocycles. The van der Waals surface area contributed by atoms with Gasteiger partial charge in [-0.2, -0.15) is 0 Å². The highest BCUT2D eigenvalue weighted by molar-refractivity contribution is 5.41. The molecule has 1 saturated heterocycles. The van der Waals surface area contributed by atoms with Gasteiger partial charge >= 0.3 is 0 Å². The zero-order valence-electron chi connectivity index (χ0n) is 24.5. The van der Waals surface area contributed by atoms with Crippen LogP contribution in [0.1, 0.15) is 106 Å². The van der Waals surface area contributed by atoms with Crippen molar-refractivity contribution in [1.82, 2.24) is 0 Å². The van der Waals surface area contributed by atoms with Crippen molar-refractivity contribution in [3.05, 3.63) is 11.6 Å². The predicted octanol–water partition coefficient (Wildman–Crippen LogP) is 5.61. The van der Waals surface area contributed by atoms with Crippen LogP contribution in [0.2, 0.25) is 0 Å². The Hall–Kier alpha value is -0.460. The van der Waals surface area contributed by atoms with Crippen LogP contribution in [0.15, 0.2) is 11.6 Å². The first kappa shape index (κ1) is 26.7. The SMILES string of the molecule is CC1(C)CC[C@]2(CO)CC[C@]3(C)[C@](O)([C@H](O)C=C4[C@@]5(C)CCC6(OCCO6)C(C)(C)[C@@H]5CC[C@]43C)[C@@H]2C1. The zero-order chi connectivity index (χ0) is 26.9. The number of rotatable bonds is 1. The molecule has 0 aromatic carbocycles. The molecule has 210 valence electrons. The van der Waals surface area contributed by atoms with Crippen LogP contribution in [-0.4, -0.2) is 52.6 Å². The maximum atomic E-state index is 13.0. The topological polar surface area (TPSA) is 79.2 Å². The average Bonchev–Trinajstić information content (AvgIpc) is 3.32. The molecule has 8 atom stereocenters. The quantitative estimate of drug-likeness (QED) is 0.395. The third kappa shape index (κ3) is 2.94. The lowest BCUT2D eigenvalue weighted by atomic mass is 9.32. The van der Waals surface area contributed by atoms with E-state index >= 15 is 0 Å². The Labute approximate surface area is 224 Å². The summed E-state index contributed by atoms with van der Waals surface area (Å²) in [6, 6.07) is 0. The molecule has 6 aliphatic rings. The van der Waals surface area contributed by atoms with E-state index in [1.807, 2.05) is 0 Å². The highest BCUT2D eigenvalue weighted by atomic mass is 16.7. The molecule has 6 rings (SSSR count). The second-order valence-electron chi connectivity index (χ2n) is 16.1. The molecule has 0 unspecified atom stereocenters.